The van der Waals surface area contributed by atoms with Crippen LogP contribution in [0.5, 0.6) is 5.75 Å². The van der Waals surface area contributed by atoms with Crippen molar-refractivity contribution in [3.05, 3.63) is 29.8 Å². The smallest absolute Gasteiger partial charge is 0.120 e. The first-order valence-electron chi connectivity index (χ1n) is 5.83. The van der Waals surface area contributed by atoms with Gasteiger partial charge in [-0.3, -0.25) is 0 Å². The Hall–Kier alpha value is -1.55. The maximum atomic E-state index is 8.71. The van der Waals surface area contributed by atoms with Gasteiger partial charge in [0.15, 0.2) is 0 Å². The predicted octanol–water partition coefficient (Wildman–Crippen LogP) is 2.44. The van der Waals surface area contributed by atoms with Crippen molar-refractivity contribution in [2.45, 2.75) is 25.9 Å². The summed E-state index contributed by atoms with van der Waals surface area (Å²) in [5, 5.41) is 11.9. The van der Waals surface area contributed by atoms with Gasteiger partial charge in [0.1, 0.15) is 12.4 Å². The minimum absolute atomic E-state index is 0.214. The van der Waals surface area contributed by atoms with Crippen LogP contribution in [0.3, 0.4) is 0 Å². The molecular weight excluding hydrogens is 218 g/mol. The van der Waals surface area contributed by atoms with E-state index in [1.165, 1.54) is 0 Å². The zero-order chi connectivity index (χ0) is 12.1. The molecule has 1 fully saturated rings. The van der Waals surface area contributed by atoms with Crippen LogP contribution < -0.4 is 4.74 Å². The summed E-state index contributed by atoms with van der Waals surface area (Å²) in [6.45, 7) is 3.17. The van der Waals surface area contributed by atoms with Gasteiger partial charge in [0.2, 0.25) is 0 Å². The zero-order valence-corrected chi connectivity index (χ0v) is 9.93. The van der Waals surface area contributed by atoms with Gasteiger partial charge in [-0.25, -0.2) is 0 Å². The van der Waals surface area contributed by atoms with Crippen molar-refractivity contribution >= 4 is 5.71 Å². The van der Waals surface area contributed by atoms with Crippen LogP contribution >= 0.6 is 0 Å². The lowest BCUT2D eigenvalue weighted by Crippen LogP contribution is -2.16. The SMILES string of the molecule is C/C(=N\O)c1cccc(OCC2CCCO2)c1. The fraction of sp³-hybridized carbons (Fsp3) is 0.462. The average Bonchev–Trinajstić information content (AvgIpc) is 2.89. The molecule has 1 atom stereocenters. The highest BCUT2D eigenvalue weighted by Crippen LogP contribution is 2.17. The second kappa shape index (κ2) is 5.68. The van der Waals surface area contributed by atoms with Gasteiger partial charge >= 0.3 is 0 Å². The van der Waals surface area contributed by atoms with Crippen LogP contribution in [-0.2, 0) is 4.74 Å². The van der Waals surface area contributed by atoms with Crippen LogP contribution in [0.4, 0.5) is 0 Å². The van der Waals surface area contributed by atoms with Gasteiger partial charge in [-0.05, 0) is 31.9 Å². The van der Waals surface area contributed by atoms with Crippen molar-refractivity contribution in [1.82, 2.24) is 0 Å². The van der Waals surface area contributed by atoms with Crippen LogP contribution in [0.1, 0.15) is 25.3 Å². The van der Waals surface area contributed by atoms with Crippen molar-refractivity contribution in [1.29, 1.82) is 0 Å². The third kappa shape index (κ3) is 3.20. The Bertz CT molecular complexity index is 397. The molecule has 1 aliphatic rings. The summed E-state index contributed by atoms with van der Waals surface area (Å²) >= 11 is 0. The lowest BCUT2D eigenvalue weighted by Gasteiger charge is -2.12. The van der Waals surface area contributed by atoms with Crippen molar-refractivity contribution in [3.63, 3.8) is 0 Å². The molecule has 0 aromatic heterocycles. The second-order valence-electron chi connectivity index (χ2n) is 4.16. The number of ether oxygens (including phenoxy) is 2. The summed E-state index contributed by atoms with van der Waals surface area (Å²) in [7, 11) is 0. The van der Waals surface area contributed by atoms with Crippen molar-refractivity contribution in [2.24, 2.45) is 5.16 Å². The van der Waals surface area contributed by atoms with Crippen LogP contribution in [0.2, 0.25) is 0 Å². The monoisotopic (exact) mass is 235 g/mol. The summed E-state index contributed by atoms with van der Waals surface area (Å²) < 4.78 is 11.1. The predicted molar refractivity (Wildman–Crippen MR) is 64.9 cm³/mol. The highest BCUT2D eigenvalue weighted by Gasteiger charge is 2.15. The van der Waals surface area contributed by atoms with Crippen molar-refractivity contribution < 1.29 is 14.7 Å². The van der Waals surface area contributed by atoms with E-state index in [9.17, 15) is 0 Å². The van der Waals surface area contributed by atoms with Gasteiger partial charge in [-0.1, -0.05) is 17.3 Å². The van der Waals surface area contributed by atoms with E-state index < -0.39 is 0 Å². The number of hydrogen-bond donors (Lipinski definition) is 1. The molecule has 0 radical (unpaired) electrons. The summed E-state index contributed by atoms with van der Waals surface area (Å²) in [4.78, 5) is 0. The maximum absolute atomic E-state index is 8.71. The van der Waals surface area contributed by atoms with Gasteiger partial charge in [0.05, 0.1) is 11.8 Å². The lowest BCUT2D eigenvalue weighted by molar-refractivity contribution is 0.0679. The molecule has 0 aliphatic carbocycles. The zero-order valence-electron chi connectivity index (χ0n) is 9.93. The quantitative estimate of drug-likeness (QED) is 0.495. The van der Waals surface area contributed by atoms with Gasteiger partial charge in [-0.15, -0.1) is 0 Å². The molecule has 1 aromatic carbocycles. The van der Waals surface area contributed by atoms with E-state index in [2.05, 4.69) is 5.16 Å². The van der Waals surface area contributed by atoms with Crippen molar-refractivity contribution in [3.8, 4) is 5.75 Å². The largest absolute Gasteiger partial charge is 0.491 e. The maximum Gasteiger partial charge on any atom is 0.120 e. The molecule has 0 spiro atoms. The Morgan fingerprint density at radius 2 is 2.47 bits per heavy atom. The Kier molecular flexibility index (Phi) is 3.98. The van der Waals surface area contributed by atoms with E-state index in [0.29, 0.717) is 12.3 Å². The molecule has 1 saturated heterocycles. The van der Waals surface area contributed by atoms with Gasteiger partial charge in [0, 0.05) is 12.2 Å². The van der Waals surface area contributed by atoms with Crippen LogP contribution in [-0.4, -0.2) is 30.2 Å². The summed E-state index contributed by atoms with van der Waals surface area (Å²) in [5.41, 5.74) is 1.44. The van der Waals surface area contributed by atoms with E-state index >= 15 is 0 Å². The average molecular weight is 235 g/mol. The number of oxime groups is 1. The van der Waals surface area contributed by atoms with Crippen LogP contribution in [0, 0.1) is 0 Å². The molecular formula is C13H17NO3. The molecule has 4 heteroatoms. The van der Waals surface area contributed by atoms with E-state index in [-0.39, 0.29) is 6.10 Å². The molecule has 0 saturated carbocycles. The molecule has 0 amide bonds. The third-order valence-corrected chi connectivity index (χ3v) is 2.86. The topological polar surface area (TPSA) is 51.1 Å². The van der Waals surface area contributed by atoms with Crippen molar-refractivity contribution in [2.75, 3.05) is 13.2 Å². The normalized spacial score (nSPS) is 20.5. The van der Waals surface area contributed by atoms with E-state index in [4.69, 9.17) is 14.7 Å². The first kappa shape index (κ1) is 11.9. The first-order chi connectivity index (χ1) is 8.29. The molecule has 1 aliphatic heterocycles. The molecule has 0 bridgehead atoms. The molecule has 4 nitrogen and oxygen atoms in total. The number of rotatable bonds is 4. The molecule has 2 rings (SSSR count). The fourth-order valence-corrected chi connectivity index (χ4v) is 1.83. The molecule has 17 heavy (non-hydrogen) atoms. The van der Waals surface area contributed by atoms with Gasteiger partial charge in [-0.2, -0.15) is 0 Å². The van der Waals surface area contributed by atoms with E-state index in [0.717, 1.165) is 30.8 Å². The van der Waals surface area contributed by atoms with E-state index in [1.54, 1.807) is 6.92 Å². The highest BCUT2D eigenvalue weighted by atomic mass is 16.5. The Morgan fingerprint density at radius 1 is 1.59 bits per heavy atom. The van der Waals surface area contributed by atoms with Crippen LogP contribution in [0.25, 0.3) is 0 Å². The Balaban J connectivity index is 1.96. The standard InChI is InChI=1S/C13H17NO3/c1-10(14-15)11-4-2-5-12(8-11)17-9-13-6-3-7-16-13/h2,4-5,8,13,15H,3,6-7,9H2,1H3/b14-10+. The molecule has 1 aromatic rings. The Morgan fingerprint density at radius 3 is 3.18 bits per heavy atom. The third-order valence-electron chi connectivity index (χ3n) is 2.86. The summed E-state index contributed by atoms with van der Waals surface area (Å²) in [5.74, 6) is 0.779. The first-order valence-corrected chi connectivity index (χ1v) is 5.83. The number of benzene rings is 1. The molecule has 92 valence electrons. The van der Waals surface area contributed by atoms with Crippen LogP contribution in [0.15, 0.2) is 29.4 Å². The number of nitrogens with zero attached hydrogens (tertiary/aromatic N) is 1. The Labute approximate surface area is 101 Å². The highest BCUT2D eigenvalue weighted by molar-refractivity contribution is 5.98. The van der Waals surface area contributed by atoms with Gasteiger partial charge in [0.25, 0.3) is 0 Å². The minimum Gasteiger partial charge on any atom is -0.491 e. The lowest BCUT2D eigenvalue weighted by atomic mass is 10.1. The number of hydrogen-bond acceptors (Lipinski definition) is 4. The minimum atomic E-state index is 0.214. The molecule has 1 unspecified atom stereocenters. The second-order valence-corrected chi connectivity index (χ2v) is 4.16. The van der Waals surface area contributed by atoms with Gasteiger partial charge < -0.3 is 14.7 Å². The molecule has 1 N–H and O–H groups in total. The summed E-state index contributed by atoms with van der Waals surface area (Å²) in [6.07, 6.45) is 2.40. The molecule has 1 heterocycles. The summed E-state index contributed by atoms with van der Waals surface area (Å²) in [6, 6.07) is 7.52. The fourth-order valence-electron chi connectivity index (χ4n) is 1.83. The van der Waals surface area contributed by atoms with E-state index in [1.807, 2.05) is 24.3 Å².